The second kappa shape index (κ2) is 15.1. The predicted octanol–water partition coefficient (Wildman–Crippen LogP) is 7.38. The lowest BCUT2D eigenvalue weighted by Gasteiger charge is -2.36. The molecule has 2 rings (SSSR count). The van der Waals surface area contributed by atoms with E-state index in [1.54, 1.807) is 7.11 Å². The smallest absolute Gasteiger partial charge is 0.191 e. The Labute approximate surface area is 214 Å². The molecule has 0 aliphatic carbocycles. The van der Waals surface area contributed by atoms with Gasteiger partial charge in [0.15, 0.2) is 8.32 Å². The Morgan fingerprint density at radius 2 is 1.54 bits per heavy atom. The lowest BCUT2D eigenvalue weighted by atomic mass is 10.2. The summed E-state index contributed by atoms with van der Waals surface area (Å²) in [5, 5.41) is 0.261. The van der Waals surface area contributed by atoms with Gasteiger partial charge in [0.1, 0.15) is 5.75 Å². The second-order valence-electron chi connectivity index (χ2n) is 10.4. The molecule has 0 aromatic heterocycles. The fourth-order valence-electron chi connectivity index (χ4n) is 3.12. The van der Waals surface area contributed by atoms with Gasteiger partial charge in [-0.25, -0.2) is 0 Å². The van der Waals surface area contributed by atoms with Gasteiger partial charge in [0.05, 0.1) is 33.0 Å². The summed E-state index contributed by atoms with van der Waals surface area (Å²) in [5.41, 5.74) is 2.26. The third-order valence-electron chi connectivity index (χ3n) is 6.48. The van der Waals surface area contributed by atoms with Gasteiger partial charge in [0, 0.05) is 19.4 Å². The van der Waals surface area contributed by atoms with E-state index in [-0.39, 0.29) is 11.1 Å². The average Bonchev–Trinajstić information content (AvgIpc) is 2.84. The number of ether oxygens (including phenoxy) is 3. The fraction of sp³-hybridized carbons (Fsp3) is 0.533. The Bertz CT molecular complexity index is 892. The number of methoxy groups -OCH3 is 1. The zero-order chi connectivity index (χ0) is 25.6. The monoisotopic (exact) mass is 496 g/mol. The molecular formula is C30H44O4Si. The van der Waals surface area contributed by atoms with Crippen molar-refractivity contribution in [1.82, 2.24) is 0 Å². The van der Waals surface area contributed by atoms with E-state index in [1.807, 2.05) is 42.5 Å². The first-order valence-corrected chi connectivity index (χ1v) is 15.6. The molecule has 0 saturated carbocycles. The maximum atomic E-state index is 6.25. The van der Waals surface area contributed by atoms with Crippen LogP contribution < -0.4 is 4.74 Å². The van der Waals surface area contributed by atoms with Crippen LogP contribution in [0.5, 0.6) is 5.75 Å². The third-order valence-corrected chi connectivity index (χ3v) is 11.0. The second-order valence-corrected chi connectivity index (χ2v) is 15.2. The van der Waals surface area contributed by atoms with Crippen molar-refractivity contribution in [1.29, 1.82) is 0 Å². The van der Waals surface area contributed by atoms with Gasteiger partial charge >= 0.3 is 0 Å². The van der Waals surface area contributed by atoms with Gasteiger partial charge < -0.3 is 18.6 Å². The van der Waals surface area contributed by atoms with Gasteiger partial charge in [-0.3, -0.25) is 0 Å². The van der Waals surface area contributed by atoms with Gasteiger partial charge in [-0.2, -0.15) is 0 Å². The van der Waals surface area contributed by atoms with Crippen molar-refractivity contribution in [3.05, 3.63) is 65.7 Å². The van der Waals surface area contributed by atoms with Gasteiger partial charge in [0.2, 0.25) is 0 Å². The molecule has 0 saturated heterocycles. The zero-order valence-electron chi connectivity index (χ0n) is 22.6. The van der Waals surface area contributed by atoms with Crippen LogP contribution in [0.25, 0.3) is 0 Å². The Balaban J connectivity index is 1.76. The van der Waals surface area contributed by atoms with E-state index in [2.05, 4.69) is 57.8 Å². The molecule has 0 N–H and O–H groups in total. The molecule has 0 heterocycles. The van der Waals surface area contributed by atoms with E-state index in [0.29, 0.717) is 26.2 Å². The highest BCUT2D eigenvalue weighted by molar-refractivity contribution is 6.74. The topological polar surface area (TPSA) is 36.9 Å². The molecule has 0 aliphatic rings. The first-order valence-electron chi connectivity index (χ1n) is 12.7. The van der Waals surface area contributed by atoms with E-state index >= 15 is 0 Å². The molecule has 2 aromatic rings. The van der Waals surface area contributed by atoms with Crippen LogP contribution in [-0.4, -0.2) is 34.7 Å². The van der Waals surface area contributed by atoms with E-state index in [0.717, 1.165) is 42.7 Å². The summed E-state index contributed by atoms with van der Waals surface area (Å²) in [7, 11) is 0.0235. The maximum Gasteiger partial charge on any atom is 0.191 e. The van der Waals surface area contributed by atoms with Crippen molar-refractivity contribution in [3.8, 4) is 17.6 Å². The molecule has 0 aliphatic heterocycles. The number of hydrogen-bond donors (Lipinski definition) is 0. The van der Waals surface area contributed by atoms with Crippen molar-refractivity contribution >= 4 is 8.32 Å². The van der Waals surface area contributed by atoms with E-state index in [4.69, 9.17) is 18.6 Å². The number of rotatable bonds is 14. The lowest BCUT2D eigenvalue weighted by molar-refractivity contribution is -0.0267. The standard InChI is InChI=1S/C30H44O4Si/c1-30(2,3)35(5,6)34-22-14-9-7-8-13-17-29(33-24-26-15-11-10-12-16-26)25-32-23-27-18-20-28(31-4)21-19-27/h10-12,15-16,18-21,29H,7,9,14,17,22-25H2,1-6H3/t29-/m1/s1. The van der Waals surface area contributed by atoms with Crippen LogP contribution >= 0.6 is 0 Å². The molecule has 0 bridgehead atoms. The normalized spacial score (nSPS) is 12.6. The van der Waals surface area contributed by atoms with Crippen molar-refractivity contribution in [2.75, 3.05) is 20.3 Å². The van der Waals surface area contributed by atoms with E-state index in [9.17, 15) is 0 Å². The highest BCUT2D eigenvalue weighted by Gasteiger charge is 2.36. The molecule has 1 atom stereocenters. The zero-order valence-corrected chi connectivity index (χ0v) is 23.6. The minimum atomic E-state index is -1.65. The van der Waals surface area contributed by atoms with Gasteiger partial charge in [-0.1, -0.05) is 63.2 Å². The molecule has 0 radical (unpaired) electrons. The summed E-state index contributed by atoms with van der Waals surface area (Å²) < 4.78 is 23.6. The molecule has 192 valence electrons. The molecule has 0 unspecified atom stereocenters. The Kier molecular flexibility index (Phi) is 12.6. The molecule has 4 nitrogen and oxygen atoms in total. The molecule has 0 amide bonds. The summed E-state index contributed by atoms with van der Waals surface area (Å²) in [6.07, 6.45) is 3.60. The number of unbranched alkanes of at least 4 members (excludes halogenated alkanes) is 2. The summed E-state index contributed by atoms with van der Waals surface area (Å²) >= 11 is 0. The predicted molar refractivity (Wildman–Crippen MR) is 147 cm³/mol. The molecule has 2 aromatic carbocycles. The lowest BCUT2D eigenvalue weighted by Crippen LogP contribution is -2.40. The summed E-state index contributed by atoms with van der Waals surface area (Å²) in [4.78, 5) is 0. The molecule has 5 heteroatoms. The summed E-state index contributed by atoms with van der Waals surface area (Å²) in [5.74, 6) is 7.48. The van der Waals surface area contributed by atoms with Crippen LogP contribution in [0, 0.1) is 11.8 Å². The van der Waals surface area contributed by atoms with Crippen LogP contribution in [0.2, 0.25) is 18.1 Å². The Morgan fingerprint density at radius 1 is 0.857 bits per heavy atom. The highest BCUT2D eigenvalue weighted by atomic mass is 28.4. The number of benzene rings is 2. The first kappa shape index (κ1) is 29.1. The molecule has 35 heavy (non-hydrogen) atoms. The van der Waals surface area contributed by atoms with Crippen LogP contribution in [0.3, 0.4) is 0 Å². The summed E-state index contributed by atoms with van der Waals surface area (Å²) in [6.45, 7) is 13.9. The van der Waals surface area contributed by atoms with Crippen molar-refractivity contribution in [3.63, 3.8) is 0 Å². The van der Waals surface area contributed by atoms with E-state index < -0.39 is 8.32 Å². The largest absolute Gasteiger partial charge is 0.497 e. The SMILES string of the molecule is COc1ccc(COC[C@@H](CC#CCCCCO[Si](C)(C)C(C)(C)C)OCc2ccccc2)cc1. The van der Waals surface area contributed by atoms with Crippen LogP contribution in [-0.2, 0) is 27.1 Å². The maximum absolute atomic E-state index is 6.25. The molecular weight excluding hydrogens is 452 g/mol. The van der Waals surface area contributed by atoms with Gasteiger partial charge in [-0.05, 0) is 54.2 Å². The van der Waals surface area contributed by atoms with E-state index in [1.165, 1.54) is 0 Å². The first-order chi connectivity index (χ1) is 16.7. The van der Waals surface area contributed by atoms with Crippen LogP contribution in [0.15, 0.2) is 54.6 Å². The summed E-state index contributed by atoms with van der Waals surface area (Å²) in [6, 6.07) is 18.2. The minimum Gasteiger partial charge on any atom is -0.497 e. The number of hydrogen-bond acceptors (Lipinski definition) is 4. The third kappa shape index (κ3) is 11.5. The molecule has 0 spiro atoms. The fourth-order valence-corrected chi connectivity index (χ4v) is 4.21. The van der Waals surface area contributed by atoms with Crippen LogP contribution in [0.1, 0.15) is 57.6 Å². The Morgan fingerprint density at radius 3 is 2.20 bits per heavy atom. The van der Waals surface area contributed by atoms with Crippen LogP contribution in [0.4, 0.5) is 0 Å². The molecule has 0 fully saturated rings. The minimum absolute atomic E-state index is 0.0668. The van der Waals surface area contributed by atoms with Gasteiger partial charge in [0.25, 0.3) is 0 Å². The quantitative estimate of drug-likeness (QED) is 0.155. The van der Waals surface area contributed by atoms with Crippen molar-refractivity contribution in [2.45, 2.75) is 83.9 Å². The Hall–Kier alpha value is -2.10. The highest BCUT2D eigenvalue weighted by Crippen LogP contribution is 2.36. The van der Waals surface area contributed by atoms with Crippen molar-refractivity contribution in [2.24, 2.45) is 0 Å². The van der Waals surface area contributed by atoms with Gasteiger partial charge in [-0.15, -0.1) is 11.8 Å². The average molecular weight is 497 g/mol. The van der Waals surface area contributed by atoms with Crippen molar-refractivity contribution < 1.29 is 18.6 Å².